The molecule has 0 radical (unpaired) electrons. The number of Topliss-reactive ketones (excluding diaryl/α,β-unsaturated/α-hetero) is 1. The van der Waals surface area contributed by atoms with Crippen molar-refractivity contribution in [2.75, 3.05) is 17.2 Å². The lowest BCUT2D eigenvalue weighted by atomic mass is 9.98. The summed E-state index contributed by atoms with van der Waals surface area (Å²) in [5.74, 6) is -0.523. The molecule has 0 bridgehead atoms. The van der Waals surface area contributed by atoms with E-state index >= 15 is 0 Å². The van der Waals surface area contributed by atoms with E-state index in [1.54, 1.807) is 20.8 Å². The van der Waals surface area contributed by atoms with Crippen LogP contribution < -0.4 is 4.72 Å². The lowest BCUT2D eigenvalue weighted by Gasteiger charge is -2.06. The minimum absolute atomic E-state index is 0.198. The molecule has 1 aromatic carbocycles. The van der Waals surface area contributed by atoms with Crippen LogP contribution in [0.15, 0.2) is 18.2 Å². The number of hydrogen-bond donors (Lipinski definition) is 1. The first-order valence-corrected chi connectivity index (χ1v) is 10.9. The van der Waals surface area contributed by atoms with Gasteiger partial charge < -0.3 is 0 Å². The number of anilines is 1. The summed E-state index contributed by atoms with van der Waals surface area (Å²) >= 11 is 0. The fraction of sp³-hybridized carbons (Fsp3) is 0.400. The Balaban J connectivity index is 2.89. The van der Waals surface area contributed by atoms with E-state index in [2.05, 4.69) is 4.72 Å². The van der Waals surface area contributed by atoms with Gasteiger partial charge in [-0.25, -0.2) is 20.8 Å². The van der Waals surface area contributed by atoms with Gasteiger partial charge >= 0.3 is 0 Å². The minimum Gasteiger partial charge on any atom is -0.294 e. The van der Waals surface area contributed by atoms with Gasteiger partial charge in [-0.3, -0.25) is 9.52 Å². The van der Waals surface area contributed by atoms with Crippen molar-refractivity contribution in [3.05, 3.63) is 29.5 Å². The van der Waals surface area contributed by atoms with Crippen LogP contribution in [-0.2, 0) is 20.0 Å². The Kier molecular flexibility index (Phi) is 4.53. The third kappa shape index (κ3) is 3.46. The molecule has 1 heterocycles. The second-order valence-corrected chi connectivity index (χ2v) is 9.69. The third-order valence-electron chi connectivity index (χ3n) is 3.56. The van der Waals surface area contributed by atoms with Gasteiger partial charge in [-0.05, 0) is 25.1 Å². The van der Waals surface area contributed by atoms with Crippen LogP contribution in [0.4, 0.5) is 5.69 Å². The lowest BCUT2D eigenvalue weighted by Crippen LogP contribution is -2.14. The Bertz CT molecular complexity index is 1030. The first-order valence-electron chi connectivity index (χ1n) is 7.20. The third-order valence-corrected chi connectivity index (χ3v) is 5.30. The summed E-state index contributed by atoms with van der Waals surface area (Å²) in [6, 6.07) is 4.45. The van der Waals surface area contributed by atoms with Gasteiger partial charge in [-0.1, -0.05) is 13.8 Å². The van der Waals surface area contributed by atoms with Crippen LogP contribution in [0.5, 0.6) is 0 Å². The first kappa shape index (κ1) is 18.5. The highest BCUT2D eigenvalue weighted by molar-refractivity contribution is 7.92. The summed E-state index contributed by atoms with van der Waals surface area (Å²) in [7, 11) is -7.11. The molecule has 2 rings (SSSR count). The van der Waals surface area contributed by atoms with Crippen molar-refractivity contribution in [3.63, 3.8) is 0 Å². The summed E-state index contributed by atoms with van der Waals surface area (Å²) in [4.78, 5) is 12.6. The maximum atomic E-state index is 12.6. The van der Waals surface area contributed by atoms with Gasteiger partial charge in [0.15, 0.2) is 5.78 Å². The van der Waals surface area contributed by atoms with Crippen LogP contribution in [0.3, 0.4) is 0 Å². The molecule has 0 saturated heterocycles. The van der Waals surface area contributed by atoms with Gasteiger partial charge in [0, 0.05) is 28.2 Å². The molecule has 0 amide bonds. The summed E-state index contributed by atoms with van der Waals surface area (Å²) in [6.07, 6.45) is 2.08. The number of sulfonamides is 1. The monoisotopic (exact) mass is 372 g/mol. The number of ketones is 1. The van der Waals surface area contributed by atoms with E-state index < -0.39 is 20.0 Å². The predicted molar refractivity (Wildman–Crippen MR) is 94.6 cm³/mol. The van der Waals surface area contributed by atoms with E-state index in [4.69, 9.17) is 0 Å². The average Bonchev–Trinajstić information content (AvgIpc) is 2.66. The number of aromatic nitrogens is 1. The highest BCUT2D eigenvalue weighted by atomic mass is 32.2. The van der Waals surface area contributed by atoms with Crippen LogP contribution in [0.1, 0.15) is 29.9 Å². The molecule has 9 heteroatoms. The summed E-state index contributed by atoms with van der Waals surface area (Å²) in [5.41, 5.74) is 1.23. The summed E-state index contributed by atoms with van der Waals surface area (Å²) in [5, 5.41) is 0.408. The molecule has 0 unspecified atom stereocenters. The minimum atomic E-state index is -3.62. The molecule has 0 atom stereocenters. The molecular weight excluding hydrogens is 352 g/mol. The van der Waals surface area contributed by atoms with Gasteiger partial charge in [0.05, 0.1) is 18.0 Å². The number of carbonyl (C=O) groups excluding carboxylic acids is 1. The Hall–Kier alpha value is -1.87. The van der Waals surface area contributed by atoms with Crippen molar-refractivity contribution < 1.29 is 21.6 Å². The highest BCUT2D eigenvalue weighted by Gasteiger charge is 2.25. The fourth-order valence-electron chi connectivity index (χ4n) is 2.70. The standard InChI is InChI=1S/C15H20N2O5S2/c1-9(2)15(18)14-10(3)17(24(5,21)22)13-7-6-11(8-12(13)14)16-23(4,19)20/h6-9,16H,1-5H3. The topological polar surface area (TPSA) is 102 Å². The molecule has 0 fully saturated rings. The lowest BCUT2D eigenvalue weighted by molar-refractivity contribution is 0.0940. The van der Waals surface area contributed by atoms with Gasteiger partial charge in [-0.15, -0.1) is 0 Å². The van der Waals surface area contributed by atoms with E-state index in [9.17, 15) is 21.6 Å². The smallest absolute Gasteiger partial charge is 0.236 e. The van der Waals surface area contributed by atoms with Crippen LogP contribution in [0, 0.1) is 12.8 Å². The van der Waals surface area contributed by atoms with Crippen LogP contribution in [-0.4, -0.2) is 39.1 Å². The van der Waals surface area contributed by atoms with E-state index in [1.807, 2.05) is 0 Å². The van der Waals surface area contributed by atoms with Crippen LogP contribution in [0.2, 0.25) is 0 Å². The average molecular weight is 372 g/mol. The van der Waals surface area contributed by atoms with Crippen molar-refractivity contribution in [1.29, 1.82) is 0 Å². The molecule has 132 valence electrons. The van der Waals surface area contributed by atoms with Gasteiger partial charge in [-0.2, -0.15) is 0 Å². The molecule has 24 heavy (non-hydrogen) atoms. The molecule has 0 aliphatic rings. The van der Waals surface area contributed by atoms with Crippen LogP contribution >= 0.6 is 0 Å². The quantitative estimate of drug-likeness (QED) is 0.809. The zero-order valence-corrected chi connectivity index (χ0v) is 15.7. The summed E-state index contributed by atoms with van der Waals surface area (Å²) < 4.78 is 50.5. The molecule has 7 nitrogen and oxygen atoms in total. The van der Waals surface area contributed by atoms with Gasteiger partial charge in [0.25, 0.3) is 0 Å². The SMILES string of the molecule is Cc1c(C(=O)C(C)C)c2cc(NS(C)(=O)=O)ccc2n1S(C)(=O)=O. The number of fused-ring (bicyclic) bond motifs is 1. The normalized spacial score (nSPS) is 12.8. The Morgan fingerprint density at radius 1 is 1.12 bits per heavy atom. The van der Waals surface area contributed by atoms with E-state index in [0.717, 1.165) is 16.5 Å². The van der Waals surface area contributed by atoms with Crippen molar-refractivity contribution in [2.24, 2.45) is 5.92 Å². The fourth-order valence-corrected chi connectivity index (χ4v) is 4.36. The maximum Gasteiger partial charge on any atom is 0.236 e. The zero-order chi connectivity index (χ0) is 18.4. The second kappa shape index (κ2) is 5.89. The molecular formula is C15H20N2O5S2. The highest BCUT2D eigenvalue weighted by Crippen LogP contribution is 2.31. The predicted octanol–water partition coefficient (Wildman–Crippen LogP) is 1.97. The van der Waals surface area contributed by atoms with Gasteiger partial charge in [0.1, 0.15) is 0 Å². The second-order valence-electron chi connectivity index (χ2n) is 6.11. The maximum absolute atomic E-state index is 12.6. The molecule has 2 aromatic rings. The van der Waals surface area contributed by atoms with Crippen molar-refractivity contribution >= 4 is 42.4 Å². The number of nitrogens with zero attached hydrogens (tertiary/aromatic N) is 1. The molecule has 0 saturated carbocycles. The van der Waals surface area contributed by atoms with Gasteiger partial charge in [0.2, 0.25) is 20.0 Å². The molecule has 0 aliphatic heterocycles. The van der Waals surface area contributed by atoms with E-state index in [0.29, 0.717) is 22.2 Å². The summed E-state index contributed by atoms with van der Waals surface area (Å²) in [6.45, 7) is 5.02. The van der Waals surface area contributed by atoms with E-state index in [1.165, 1.54) is 18.2 Å². The van der Waals surface area contributed by atoms with Crippen molar-refractivity contribution in [1.82, 2.24) is 3.97 Å². The molecule has 0 aliphatic carbocycles. The molecule has 1 aromatic heterocycles. The number of hydrogen-bond acceptors (Lipinski definition) is 5. The Morgan fingerprint density at radius 2 is 1.71 bits per heavy atom. The van der Waals surface area contributed by atoms with E-state index in [-0.39, 0.29) is 17.4 Å². The number of carbonyl (C=O) groups is 1. The molecule has 0 spiro atoms. The number of benzene rings is 1. The first-order chi connectivity index (χ1) is 10.8. The largest absolute Gasteiger partial charge is 0.294 e. The van der Waals surface area contributed by atoms with Crippen LogP contribution in [0.25, 0.3) is 10.9 Å². The number of nitrogens with one attached hydrogen (secondary N) is 1. The van der Waals surface area contributed by atoms with Crippen molar-refractivity contribution in [3.8, 4) is 0 Å². The Morgan fingerprint density at radius 3 is 2.17 bits per heavy atom. The molecule has 1 N–H and O–H groups in total. The van der Waals surface area contributed by atoms with Crippen molar-refractivity contribution in [2.45, 2.75) is 20.8 Å². The Labute approximate surface area is 141 Å². The zero-order valence-electron chi connectivity index (χ0n) is 14.1. The number of rotatable bonds is 5.